The number of amides is 2. The highest BCUT2D eigenvalue weighted by molar-refractivity contribution is 9.10. The summed E-state index contributed by atoms with van der Waals surface area (Å²) in [7, 11) is 0. The summed E-state index contributed by atoms with van der Waals surface area (Å²) in [5.74, 6) is -1.29. The summed E-state index contributed by atoms with van der Waals surface area (Å²) < 4.78 is 25.5. The van der Waals surface area contributed by atoms with Gasteiger partial charge in [-0.25, -0.2) is 15.0 Å². The molecule has 0 aliphatic carbocycles. The number of hydrogen-bond donors (Lipinski definition) is 3. The number of aromatic nitrogens is 4. The number of hydrogen-bond acceptors (Lipinski definition) is 10. The van der Waals surface area contributed by atoms with E-state index in [0.29, 0.717) is 22.4 Å². The summed E-state index contributed by atoms with van der Waals surface area (Å²) in [5.41, 5.74) is 6.05. The van der Waals surface area contributed by atoms with E-state index in [-0.39, 0.29) is 17.5 Å². The molecule has 0 bridgehead atoms. The van der Waals surface area contributed by atoms with Crippen molar-refractivity contribution in [3.8, 4) is 0 Å². The lowest BCUT2D eigenvalue weighted by Gasteiger charge is -2.24. The van der Waals surface area contributed by atoms with E-state index in [0.717, 1.165) is 0 Å². The molecule has 3 aromatic heterocycles. The Hall–Kier alpha value is -3.07. The standard InChI is InChI=1S/C20H22BrN7O6/c1-4-22-18(30)13-12-14(34-20(2,3)33-12)19(32-13)28-8-25-11-15(23-7-24-16(11)28)26-27-17(29)9-5-6-10(21)31-9/h5-8,12-14,19H,4H2,1-3H3,(H,22,30)(H,27,29)(H,23,24,26). The fraction of sp³-hybridized carbons (Fsp3) is 0.450. The first-order valence-electron chi connectivity index (χ1n) is 10.6. The van der Waals surface area contributed by atoms with Gasteiger partial charge < -0.3 is 23.9 Å². The smallest absolute Gasteiger partial charge is 0.305 e. The maximum absolute atomic E-state index is 12.6. The van der Waals surface area contributed by atoms with Crippen molar-refractivity contribution < 1.29 is 28.2 Å². The molecule has 5 heterocycles. The molecule has 0 saturated carbocycles. The van der Waals surface area contributed by atoms with Crippen LogP contribution in [0.1, 0.15) is 37.6 Å². The quantitative estimate of drug-likeness (QED) is 0.395. The fourth-order valence-corrected chi connectivity index (χ4v) is 4.34. The van der Waals surface area contributed by atoms with E-state index in [4.69, 9.17) is 18.6 Å². The number of ether oxygens (including phenoxy) is 3. The molecule has 3 N–H and O–H groups in total. The lowest BCUT2D eigenvalue weighted by molar-refractivity contribution is -0.197. The molecule has 34 heavy (non-hydrogen) atoms. The number of carbonyl (C=O) groups is 2. The van der Waals surface area contributed by atoms with Crippen molar-refractivity contribution in [2.24, 2.45) is 0 Å². The van der Waals surface area contributed by atoms with Crippen molar-refractivity contribution in [2.45, 2.75) is 51.1 Å². The first-order valence-corrected chi connectivity index (χ1v) is 11.3. The monoisotopic (exact) mass is 535 g/mol. The predicted octanol–water partition coefficient (Wildman–Crippen LogP) is 1.49. The van der Waals surface area contributed by atoms with Gasteiger partial charge in [0.1, 0.15) is 18.5 Å². The maximum Gasteiger partial charge on any atom is 0.305 e. The van der Waals surface area contributed by atoms with Crippen molar-refractivity contribution in [1.29, 1.82) is 0 Å². The second-order valence-corrected chi connectivity index (χ2v) is 8.92. The zero-order valence-electron chi connectivity index (χ0n) is 18.4. The molecule has 5 rings (SSSR count). The molecule has 0 spiro atoms. The van der Waals surface area contributed by atoms with Gasteiger partial charge >= 0.3 is 5.91 Å². The van der Waals surface area contributed by atoms with E-state index in [9.17, 15) is 9.59 Å². The highest BCUT2D eigenvalue weighted by Crippen LogP contribution is 2.43. The second kappa shape index (κ2) is 8.61. The number of halogens is 1. The Morgan fingerprint density at radius 1 is 1.18 bits per heavy atom. The van der Waals surface area contributed by atoms with E-state index >= 15 is 0 Å². The maximum atomic E-state index is 12.6. The summed E-state index contributed by atoms with van der Waals surface area (Å²) in [6.07, 6.45) is 0.0933. The Bertz CT molecular complexity index is 1240. The molecular formula is C20H22BrN7O6. The van der Waals surface area contributed by atoms with Crippen LogP contribution in [0.2, 0.25) is 0 Å². The van der Waals surface area contributed by atoms with Gasteiger partial charge in [0.25, 0.3) is 5.91 Å². The molecule has 14 heteroatoms. The van der Waals surface area contributed by atoms with Gasteiger partial charge in [-0.1, -0.05) is 0 Å². The third-order valence-corrected chi connectivity index (χ3v) is 5.79. The Labute approximate surface area is 201 Å². The Balaban J connectivity index is 1.41. The Morgan fingerprint density at radius 2 is 1.97 bits per heavy atom. The molecule has 0 radical (unpaired) electrons. The SMILES string of the molecule is CCNC(=O)C1OC(n2cnc3c(NNC(=O)c4ccc(Br)o4)ncnc32)C2OC(C)(C)OC12. The van der Waals surface area contributed by atoms with Gasteiger partial charge in [0, 0.05) is 6.54 Å². The molecule has 3 aromatic rings. The van der Waals surface area contributed by atoms with Crippen molar-refractivity contribution >= 4 is 44.7 Å². The highest BCUT2D eigenvalue weighted by atomic mass is 79.9. The minimum absolute atomic E-state index is 0.109. The number of rotatable bonds is 6. The van der Waals surface area contributed by atoms with E-state index < -0.39 is 36.2 Å². The third kappa shape index (κ3) is 4.02. The lowest BCUT2D eigenvalue weighted by Crippen LogP contribution is -2.42. The van der Waals surface area contributed by atoms with Crippen LogP contribution in [0.5, 0.6) is 0 Å². The largest absolute Gasteiger partial charge is 0.444 e. The number of hydrazine groups is 1. The number of anilines is 1. The van der Waals surface area contributed by atoms with Crippen molar-refractivity contribution in [1.82, 2.24) is 30.3 Å². The third-order valence-electron chi connectivity index (χ3n) is 5.36. The van der Waals surface area contributed by atoms with Crippen molar-refractivity contribution in [3.05, 3.63) is 35.2 Å². The molecule has 13 nitrogen and oxygen atoms in total. The molecule has 2 aliphatic heterocycles. The number of fused-ring (bicyclic) bond motifs is 2. The van der Waals surface area contributed by atoms with Crippen LogP contribution in [0.25, 0.3) is 11.2 Å². The van der Waals surface area contributed by atoms with Crippen LogP contribution in [0.15, 0.2) is 33.9 Å². The number of nitrogens with one attached hydrogen (secondary N) is 3. The van der Waals surface area contributed by atoms with E-state index in [2.05, 4.69) is 47.1 Å². The molecule has 2 fully saturated rings. The first kappa shape index (κ1) is 22.7. The predicted molar refractivity (Wildman–Crippen MR) is 119 cm³/mol. The average molecular weight is 536 g/mol. The van der Waals surface area contributed by atoms with Gasteiger partial charge in [-0.3, -0.25) is 25.0 Å². The zero-order valence-corrected chi connectivity index (χ0v) is 20.0. The molecule has 180 valence electrons. The van der Waals surface area contributed by atoms with Crippen LogP contribution in [-0.4, -0.2) is 62.0 Å². The molecule has 2 amide bonds. The van der Waals surface area contributed by atoms with Crippen LogP contribution in [0.4, 0.5) is 5.82 Å². The Morgan fingerprint density at radius 3 is 2.71 bits per heavy atom. The number of furan rings is 1. The highest BCUT2D eigenvalue weighted by Gasteiger charge is 2.58. The van der Waals surface area contributed by atoms with Crippen LogP contribution in [-0.2, 0) is 19.0 Å². The molecule has 4 unspecified atom stereocenters. The minimum Gasteiger partial charge on any atom is -0.444 e. The number of nitrogens with zero attached hydrogens (tertiary/aromatic N) is 4. The molecule has 2 saturated heterocycles. The fourth-order valence-electron chi connectivity index (χ4n) is 4.03. The molecular weight excluding hydrogens is 514 g/mol. The average Bonchev–Trinajstić information content (AvgIpc) is 3.54. The van der Waals surface area contributed by atoms with E-state index in [1.807, 2.05) is 6.92 Å². The van der Waals surface area contributed by atoms with Gasteiger partial charge in [0.05, 0.1) is 6.33 Å². The summed E-state index contributed by atoms with van der Waals surface area (Å²) >= 11 is 3.16. The zero-order chi connectivity index (χ0) is 24.0. The molecule has 4 atom stereocenters. The summed E-state index contributed by atoms with van der Waals surface area (Å²) in [5, 5.41) is 2.77. The number of carbonyl (C=O) groups excluding carboxylic acids is 2. The lowest BCUT2D eigenvalue weighted by atomic mass is 10.1. The van der Waals surface area contributed by atoms with Gasteiger partial charge in [0.2, 0.25) is 0 Å². The number of imidazole rings is 1. The topological polar surface area (TPSA) is 155 Å². The molecule has 0 aromatic carbocycles. The van der Waals surface area contributed by atoms with Crippen molar-refractivity contribution in [3.63, 3.8) is 0 Å². The van der Waals surface area contributed by atoms with Crippen molar-refractivity contribution in [2.75, 3.05) is 12.0 Å². The van der Waals surface area contributed by atoms with Crippen LogP contribution in [0.3, 0.4) is 0 Å². The van der Waals surface area contributed by atoms with E-state index in [1.54, 1.807) is 24.5 Å². The molecule has 2 aliphatic rings. The van der Waals surface area contributed by atoms with Gasteiger partial charge in [-0.15, -0.1) is 0 Å². The van der Waals surface area contributed by atoms with Gasteiger partial charge in [-0.2, -0.15) is 0 Å². The Kier molecular flexibility index (Phi) is 5.75. The first-order chi connectivity index (χ1) is 16.3. The minimum atomic E-state index is -0.884. The number of likely N-dealkylation sites (N-methyl/N-ethyl adjacent to an activating group) is 1. The van der Waals surface area contributed by atoms with Gasteiger partial charge in [0.15, 0.2) is 45.5 Å². The van der Waals surface area contributed by atoms with Crippen LogP contribution >= 0.6 is 15.9 Å². The van der Waals surface area contributed by atoms with Crippen LogP contribution < -0.4 is 16.2 Å². The second-order valence-electron chi connectivity index (χ2n) is 8.14. The summed E-state index contributed by atoms with van der Waals surface area (Å²) in [6.45, 7) is 5.86. The van der Waals surface area contributed by atoms with E-state index in [1.165, 1.54) is 18.7 Å². The summed E-state index contributed by atoms with van der Waals surface area (Å²) in [4.78, 5) is 37.8. The van der Waals surface area contributed by atoms with Gasteiger partial charge in [-0.05, 0) is 48.8 Å². The normalized spacial score (nSPS) is 25.3. The summed E-state index contributed by atoms with van der Waals surface area (Å²) in [6, 6.07) is 3.13. The van der Waals surface area contributed by atoms with Crippen LogP contribution in [0, 0.1) is 0 Å².